The number of hydrogen-bond acceptors (Lipinski definition) is 11. The summed E-state index contributed by atoms with van der Waals surface area (Å²) >= 11 is 0. The molecule has 0 saturated carbocycles. The normalized spacial score (nSPS) is 17.0. The van der Waals surface area contributed by atoms with E-state index in [4.69, 9.17) is 15.9 Å². The molecule has 6 amide bonds. The first kappa shape index (κ1) is 45.3. The quantitative estimate of drug-likeness (QED) is 0.0624. The van der Waals surface area contributed by atoms with E-state index >= 15 is 0 Å². The van der Waals surface area contributed by atoms with E-state index in [0.717, 1.165) is 15.8 Å². The Labute approximate surface area is 326 Å². The summed E-state index contributed by atoms with van der Waals surface area (Å²) in [5.41, 5.74) is 6.93. The van der Waals surface area contributed by atoms with Gasteiger partial charge in [-0.05, 0) is 43.7 Å². The number of likely N-dealkylation sites (tertiary alicyclic amines) is 1. The molecule has 0 radical (unpaired) electrons. The Bertz CT molecular complexity index is 1830. The molecular weight excluding hydrogens is 752 g/mol. The fourth-order valence-corrected chi connectivity index (χ4v) is 6.23. The van der Waals surface area contributed by atoms with Gasteiger partial charge in [0, 0.05) is 36.5 Å². The number of H-pyrrole nitrogens is 1. The second-order valence-corrected chi connectivity index (χ2v) is 14.1. The molecule has 21 nitrogen and oxygen atoms in total. The van der Waals surface area contributed by atoms with Gasteiger partial charge < -0.3 is 62.6 Å². The molecule has 2 aromatic rings. The Morgan fingerprint density at radius 3 is 2.09 bits per heavy atom. The van der Waals surface area contributed by atoms with Crippen LogP contribution in [-0.4, -0.2) is 139 Å². The van der Waals surface area contributed by atoms with Gasteiger partial charge >= 0.3 is 17.9 Å². The monoisotopic (exact) mass is 802 g/mol. The topological polar surface area (TPSA) is 340 Å². The van der Waals surface area contributed by atoms with Crippen LogP contribution in [0.1, 0.15) is 58.4 Å². The number of carboxylic acids is 3. The number of rotatable bonds is 21. The minimum Gasteiger partial charge on any atom is -0.481 e. The van der Waals surface area contributed by atoms with E-state index in [2.05, 4.69) is 31.6 Å². The third-order valence-corrected chi connectivity index (χ3v) is 9.36. The highest BCUT2D eigenvalue weighted by atomic mass is 16.4. The minimum atomic E-state index is -1.55. The zero-order chi connectivity index (χ0) is 42.6. The van der Waals surface area contributed by atoms with Crippen LogP contribution in [0.4, 0.5) is 0 Å². The maximum absolute atomic E-state index is 13.9. The molecule has 2 heterocycles. The summed E-state index contributed by atoms with van der Waals surface area (Å²) in [4.78, 5) is 118. The van der Waals surface area contributed by atoms with Gasteiger partial charge in [-0.15, -0.1) is 0 Å². The average molecular weight is 803 g/mol. The van der Waals surface area contributed by atoms with Gasteiger partial charge in [0.15, 0.2) is 0 Å². The fraction of sp³-hybridized carbons (Fsp3) is 0.528. The standard InChI is InChI=1S/C36H50N8O13/c1-17(2)29(43-33(53)26-9-6-12-44(26)35(55)25(16-45)42-31(51)21(37)14-28(48)49)34(54)41-24(13-19-15-38-22-8-5-4-7-20(19)22)32(52)39-18(3)30(50)40-23(36(56)57)10-11-27(46)47/h4-5,7-8,15,17-18,21,23-26,29,38,45H,6,9-14,16,37H2,1-3H3,(H,39,52)(H,40,50)(H,41,54)(H,42,51)(H,43,53)(H,46,47)(H,48,49)(H,56,57)/t18-,21-,23-,24-,25-,26-,29-/m0/s1. The molecule has 0 unspecified atom stereocenters. The summed E-state index contributed by atoms with van der Waals surface area (Å²) in [6.07, 6.45) is 0.396. The molecule has 1 aromatic carbocycles. The summed E-state index contributed by atoms with van der Waals surface area (Å²) in [5.74, 6) is -9.79. The Kier molecular flexibility index (Phi) is 16.5. The molecule has 21 heteroatoms. The number of nitrogens with zero attached hydrogens (tertiary/aromatic N) is 1. The smallest absolute Gasteiger partial charge is 0.326 e. The van der Waals surface area contributed by atoms with Crippen LogP contribution >= 0.6 is 0 Å². The van der Waals surface area contributed by atoms with Crippen molar-refractivity contribution in [3.8, 4) is 0 Å². The number of carbonyl (C=O) groups is 9. The molecule has 312 valence electrons. The second kappa shape index (κ2) is 20.7. The average Bonchev–Trinajstić information content (AvgIpc) is 3.81. The summed E-state index contributed by atoms with van der Waals surface area (Å²) in [5, 5.41) is 50.1. The predicted molar refractivity (Wildman–Crippen MR) is 199 cm³/mol. The zero-order valence-electron chi connectivity index (χ0n) is 31.7. The molecule has 7 atom stereocenters. The van der Waals surface area contributed by atoms with Crippen LogP contribution in [0.2, 0.25) is 0 Å². The van der Waals surface area contributed by atoms with Crippen molar-refractivity contribution in [1.82, 2.24) is 36.5 Å². The lowest BCUT2D eigenvalue weighted by Gasteiger charge is -2.31. The molecule has 1 aromatic heterocycles. The van der Waals surface area contributed by atoms with Gasteiger partial charge in [-0.2, -0.15) is 0 Å². The van der Waals surface area contributed by atoms with Gasteiger partial charge in [-0.25, -0.2) is 4.79 Å². The van der Waals surface area contributed by atoms with E-state index in [1.54, 1.807) is 44.3 Å². The number of nitrogens with one attached hydrogen (secondary N) is 6. The van der Waals surface area contributed by atoms with Gasteiger partial charge in [0.2, 0.25) is 35.4 Å². The highest BCUT2D eigenvalue weighted by Gasteiger charge is 2.40. The Balaban J connectivity index is 1.79. The van der Waals surface area contributed by atoms with Gasteiger partial charge in [0.25, 0.3) is 0 Å². The Morgan fingerprint density at radius 1 is 0.825 bits per heavy atom. The molecule has 1 saturated heterocycles. The first-order chi connectivity index (χ1) is 26.8. The maximum atomic E-state index is 13.9. The lowest BCUT2D eigenvalue weighted by atomic mass is 10.00. The number of aliphatic hydroxyl groups excluding tert-OH is 1. The fourth-order valence-electron chi connectivity index (χ4n) is 6.23. The van der Waals surface area contributed by atoms with Crippen LogP contribution in [-0.2, 0) is 49.6 Å². The van der Waals surface area contributed by atoms with Crippen molar-refractivity contribution >= 4 is 64.3 Å². The maximum Gasteiger partial charge on any atom is 0.326 e. The zero-order valence-corrected chi connectivity index (χ0v) is 31.7. The number of carbonyl (C=O) groups excluding carboxylic acids is 6. The summed E-state index contributed by atoms with van der Waals surface area (Å²) in [7, 11) is 0. The molecule has 1 aliphatic rings. The second-order valence-electron chi connectivity index (χ2n) is 14.1. The Hall–Kier alpha value is -6.09. The van der Waals surface area contributed by atoms with E-state index in [0.29, 0.717) is 12.0 Å². The van der Waals surface area contributed by atoms with Crippen molar-refractivity contribution in [2.24, 2.45) is 11.7 Å². The van der Waals surface area contributed by atoms with Crippen molar-refractivity contribution in [3.63, 3.8) is 0 Å². The van der Waals surface area contributed by atoms with Crippen molar-refractivity contribution in [3.05, 3.63) is 36.0 Å². The van der Waals surface area contributed by atoms with Gasteiger partial charge in [0.1, 0.15) is 36.3 Å². The van der Waals surface area contributed by atoms with Crippen molar-refractivity contribution in [2.75, 3.05) is 13.2 Å². The van der Waals surface area contributed by atoms with Crippen LogP contribution in [0.3, 0.4) is 0 Å². The molecule has 1 aliphatic heterocycles. The summed E-state index contributed by atoms with van der Waals surface area (Å²) < 4.78 is 0. The van der Waals surface area contributed by atoms with Crippen LogP contribution in [0.15, 0.2) is 30.5 Å². The molecule has 3 rings (SSSR count). The number of nitrogens with two attached hydrogens (primary N) is 1. The number of aliphatic carboxylic acids is 3. The van der Waals surface area contributed by atoms with E-state index in [-0.39, 0.29) is 19.4 Å². The van der Waals surface area contributed by atoms with Crippen molar-refractivity contribution in [2.45, 2.75) is 102 Å². The predicted octanol–water partition coefficient (Wildman–Crippen LogP) is -2.45. The number of aromatic amines is 1. The van der Waals surface area contributed by atoms with Gasteiger partial charge in [0.05, 0.1) is 19.1 Å². The number of para-hydroxylation sites is 1. The third kappa shape index (κ3) is 12.7. The van der Waals surface area contributed by atoms with Crippen LogP contribution < -0.4 is 32.3 Å². The molecule has 0 bridgehead atoms. The summed E-state index contributed by atoms with van der Waals surface area (Å²) in [6, 6.07) is -2.50. The Morgan fingerprint density at radius 2 is 1.47 bits per heavy atom. The van der Waals surface area contributed by atoms with Crippen LogP contribution in [0, 0.1) is 5.92 Å². The highest BCUT2D eigenvalue weighted by molar-refractivity contribution is 5.98. The first-order valence-corrected chi connectivity index (χ1v) is 18.2. The van der Waals surface area contributed by atoms with Gasteiger partial charge in [-0.1, -0.05) is 32.0 Å². The van der Waals surface area contributed by atoms with E-state index in [1.165, 1.54) is 6.92 Å². The first-order valence-electron chi connectivity index (χ1n) is 18.2. The van der Waals surface area contributed by atoms with Crippen LogP contribution in [0.25, 0.3) is 10.9 Å². The summed E-state index contributed by atoms with van der Waals surface area (Å²) in [6.45, 7) is 3.72. The molecular formula is C36H50N8O13. The number of hydrogen-bond donors (Lipinski definition) is 11. The minimum absolute atomic E-state index is 0.0639. The number of aromatic nitrogens is 1. The van der Waals surface area contributed by atoms with Crippen molar-refractivity contribution < 1.29 is 63.6 Å². The number of amides is 6. The molecule has 0 spiro atoms. The van der Waals surface area contributed by atoms with Gasteiger partial charge in [-0.3, -0.25) is 38.4 Å². The SMILES string of the molecule is CC(C)[C@H](NC(=O)[C@@H]1CCCN1C(=O)[C@H](CO)NC(=O)[C@@H](N)CC(=O)O)C(=O)N[C@@H](Cc1c[nH]c2ccccc12)C(=O)N[C@@H](C)C(=O)N[C@@H](CCC(=O)O)C(=O)O. The van der Waals surface area contributed by atoms with E-state index in [9.17, 15) is 53.4 Å². The van der Waals surface area contributed by atoms with Crippen LogP contribution in [0.5, 0.6) is 0 Å². The molecule has 1 fully saturated rings. The van der Waals surface area contributed by atoms with E-state index < -0.39 is 127 Å². The molecule has 0 aliphatic carbocycles. The third-order valence-electron chi connectivity index (χ3n) is 9.36. The number of benzene rings is 1. The number of fused-ring (bicyclic) bond motifs is 1. The molecule has 57 heavy (non-hydrogen) atoms. The highest BCUT2D eigenvalue weighted by Crippen LogP contribution is 2.21. The lowest BCUT2D eigenvalue weighted by molar-refractivity contribution is -0.144. The number of carboxylic acid groups (broad SMARTS) is 3. The van der Waals surface area contributed by atoms with Crippen molar-refractivity contribution in [1.29, 1.82) is 0 Å². The number of aliphatic hydroxyl groups is 1. The molecule has 12 N–H and O–H groups in total. The largest absolute Gasteiger partial charge is 0.481 e. The lowest BCUT2D eigenvalue weighted by Crippen LogP contribution is -2.60. The van der Waals surface area contributed by atoms with E-state index in [1.807, 2.05) is 0 Å².